The van der Waals surface area contributed by atoms with Gasteiger partial charge in [0.05, 0.1) is 35.4 Å². The van der Waals surface area contributed by atoms with Crippen molar-refractivity contribution < 1.29 is 19.2 Å². The van der Waals surface area contributed by atoms with E-state index in [9.17, 15) is 14.4 Å². The largest absolute Gasteiger partial charge is 0.272 e. The van der Waals surface area contributed by atoms with Crippen LogP contribution in [0.1, 0.15) is 40.1 Å². The first-order valence-corrected chi connectivity index (χ1v) is 9.36. The van der Waals surface area contributed by atoms with Crippen molar-refractivity contribution in [1.82, 2.24) is 5.06 Å². The first kappa shape index (κ1) is 18.9. The molecule has 144 valence electrons. The van der Waals surface area contributed by atoms with Gasteiger partial charge in [0.25, 0.3) is 17.7 Å². The summed E-state index contributed by atoms with van der Waals surface area (Å²) < 4.78 is 0. The molecule has 6 nitrogen and oxygen atoms in total. The van der Waals surface area contributed by atoms with Crippen molar-refractivity contribution in [2.24, 2.45) is 5.41 Å². The number of benzene rings is 2. The lowest BCUT2D eigenvalue weighted by molar-refractivity contribution is -0.165. The van der Waals surface area contributed by atoms with E-state index in [0.717, 1.165) is 4.90 Å². The van der Waals surface area contributed by atoms with E-state index in [0.29, 0.717) is 33.5 Å². The topological polar surface area (TPSA) is 66.9 Å². The molecule has 2 aliphatic rings. The molecular weight excluding hydrogens is 403 g/mol. The molecule has 3 amide bonds. The lowest BCUT2D eigenvalue weighted by Gasteiger charge is -2.19. The molecule has 2 heterocycles. The molecule has 4 rings (SSSR count). The second-order valence-electron chi connectivity index (χ2n) is 7.41. The van der Waals surface area contributed by atoms with E-state index < -0.39 is 17.2 Å². The van der Waals surface area contributed by atoms with Gasteiger partial charge < -0.3 is 0 Å². The molecule has 1 saturated heterocycles. The summed E-state index contributed by atoms with van der Waals surface area (Å²) in [7, 11) is 0. The van der Waals surface area contributed by atoms with Crippen molar-refractivity contribution in [1.29, 1.82) is 0 Å². The molecular formula is C20H16Cl2N2O4. The van der Waals surface area contributed by atoms with Crippen LogP contribution >= 0.6 is 23.2 Å². The van der Waals surface area contributed by atoms with E-state index in [1.54, 1.807) is 18.2 Å². The molecule has 0 bridgehead atoms. The molecule has 0 saturated carbocycles. The number of carbonyl (C=O) groups is 3. The fourth-order valence-electron chi connectivity index (χ4n) is 3.22. The molecule has 0 unspecified atom stereocenters. The minimum Gasteiger partial charge on any atom is -0.272 e. The van der Waals surface area contributed by atoms with Crippen LogP contribution in [0.2, 0.25) is 10.0 Å². The highest BCUT2D eigenvalue weighted by Gasteiger charge is 2.41. The Kier molecular flexibility index (Phi) is 4.45. The van der Waals surface area contributed by atoms with Crippen LogP contribution in [-0.4, -0.2) is 29.4 Å². The number of carbonyl (C=O) groups excluding carboxylic acids is 3. The van der Waals surface area contributed by atoms with E-state index in [4.69, 9.17) is 28.0 Å². The third kappa shape index (κ3) is 2.98. The van der Waals surface area contributed by atoms with E-state index in [1.165, 1.54) is 23.3 Å². The smallest absolute Gasteiger partial charge is 0.266 e. The van der Waals surface area contributed by atoms with Crippen LogP contribution in [0.15, 0.2) is 36.4 Å². The maximum atomic E-state index is 12.7. The maximum absolute atomic E-state index is 12.7. The predicted octanol–water partition coefficient (Wildman–Crippen LogP) is 4.09. The summed E-state index contributed by atoms with van der Waals surface area (Å²) in [6.45, 7) is 4.11. The van der Waals surface area contributed by atoms with Crippen molar-refractivity contribution in [3.63, 3.8) is 0 Å². The quantitative estimate of drug-likeness (QED) is 0.703. The Hall–Kier alpha value is -2.41. The molecule has 0 aliphatic carbocycles. The van der Waals surface area contributed by atoms with Gasteiger partial charge in [-0.3, -0.25) is 19.2 Å². The average Bonchev–Trinajstić information content (AvgIpc) is 3.04. The number of nitrogens with zero attached hydrogens (tertiary/aromatic N) is 2. The highest BCUT2D eigenvalue weighted by molar-refractivity contribution is 6.37. The van der Waals surface area contributed by atoms with Crippen LogP contribution in [0, 0.1) is 5.41 Å². The standard InChI is InChI=1S/C20H16Cl2N2O4/c1-20(2)10-28-23(19(20)27)9-11-3-5-13(8-16(11)22)24-17(25)14-6-4-12(21)7-15(14)18(24)26/h3-8H,9-10H2,1-2H3. The number of imide groups is 1. The molecule has 2 aromatic rings. The van der Waals surface area contributed by atoms with E-state index in [2.05, 4.69) is 0 Å². The summed E-state index contributed by atoms with van der Waals surface area (Å²) in [6, 6.07) is 9.41. The molecule has 0 atom stereocenters. The fourth-order valence-corrected chi connectivity index (χ4v) is 3.63. The second kappa shape index (κ2) is 6.58. The van der Waals surface area contributed by atoms with Gasteiger partial charge in [0, 0.05) is 10.0 Å². The summed E-state index contributed by atoms with van der Waals surface area (Å²) in [4.78, 5) is 44.2. The van der Waals surface area contributed by atoms with Crippen molar-refractivity contribution in [3.8, 4) is 0 Å². The van der Waals surface area contributed by atoms with Gasteiger partial charge in [0.2, 0.25) is 0 Å². The normalized spacial score (nSPS) is 18.2. The summed E-state index contributed by atoms with van der Waals surface area (Å²) >= 11 is 12.3. The second-order valence-corrected chi connectivity index (χ2v) is 8.25. The minimum absolute atomic E-state index is 0.120. The molecule has 1 fully saturated rings. The summed E-state index contributed by atoms with van der Waals surface area (Å²) in [6.07, 6.45) is 0. The molecule has 2 aliphatic heterocycles. The maximum Gasteiger partial charge on any atom is 0.266 e. The lowest BCUT2D eigenvalue weighted by atomic mass is 9.95. The Morgan fingerprint density at radius 2 is 1.71 bits per heavy atom. The number of hydrogen-bond acceptors (Lipinski definition) is 4. The Balaban J connectivity index is 1.60. The lowest BCUT2D eigenvalue weighted by Crippen LogP contribution is -2.31. The highest BCUT2D eigenvalue weighted by atomic mass is 35.5. The first-order chi connectivity index (χ1) is 13.2. The van der Waals surface area contributed by atoms with Gasteiger partial charge in [-0.05, 0) is 49.7 Å². The third-order valence-corrected chi connectivity index (χ3v) is 5.43. The monoisotopic (exact) mass is 418 g/mol. The summed E-state index contributed by atoms with van der Waals surface area (Å²) in [5, 5.41) is 1.99. The SMILES string of the molecule is CC1(C)CON(Cc2ccc(N3C(=O)c4ccc(Cl)cc4C3=O)cc2Cl)C1=O. The number of anilines is 1. The van der Waals surface area contributed by atoms with Gasteiger partial charge in [-0.25, -0.2) is 9.96 Å². The van der Waals surface area contributed by atoms with E-state index in [1.807, 2.05) is 13.8 Å². The van der Waals surface area contributed by atoms with Gasteiger partial charge in [-0.1, -0.05) is 29.3 Å². The molecule has 28 heavy (non-hydrogen) atoms. The van der Waals surface area contributed by atoms with E-state index >= 15 is 0 Å². The van der Waals surface area contributed by atoms with Crippen LogP contribution in [0.5, 0.6) is 0 Å². The van der Waals surface area contributed by atoms with Crippen molar-refractivity contribution >= 4 is 46.6 Å². The number of rotatable bonds is 3. The third-order valence-electron chi connectivity index (χ3n) is 4.84. The Morgan fingerprint density at radius 3 is 2.36 bits per heavy atom. The zero-order valence-electron chi connectivity index (χ0n) is 15.2. The van der Waals surface area contributed by atoms with Gasteiger partial charge in [-0.15, -0.1) is 0 Å². The van der Waals surface area contributed by atoms with Crippen LogP contribution in [-0.2, 0) is 16.2 Å². The van der Waals surface area contributed by atoms with Gasteiger partial charge >= 0.3 is 0 Å². The van der Waals surface area contributed by atoms with Crippen LogP contribution in [0.4, 0.5) is 5.69 Å². The highest BCUT2D eigenvalue weighted by Crippen LogP contribution is 2.34. The van der Waals surface area contributed by atoms with Crippen LogP contribution < -0.4 is 4.90 Å². The van der Waals surface area contributed by atoms with Crippen molar-refractivity contribution in [3.05, 3.63) is 63.1 Å². The Morgan fingerprint density at radius 1 is 1.00 bits per heavy atom. The van der Waals surface area contributed by atoms with Gasteiger partial charge in [0.1, 0.15) is 0 Å². The Labute approximate surface area is 171 Å². The average molecular weight is 419 g/mol. The molecule has 0 spiro atoms. The number of amides is 3. The molecule has 2 aromatic carbocycles. The van der Waals surface area contributed by atoms with Crippen LogP contribution in [0.25, 0.3) is 0 Å². The number of hydrogen-bond donors (Lipinski definition) is 0. The van der Waals surface area contributed by atoms with Crippen molar-refractivity contribution in [2.45, 2.75) is 20.4 Å². The minimum atomic E-state index is -0.576. The van der Waals surface area contributed by atoms with E-state index in [-0.39, 0.29) is 18.0 Å². The van der Waals surface area contributed by atoms with Crippen LogP contribution in [0.3, 0.4) is 0 Å². The van der Waals surface area contributed by atoms with Crippen molar-refractivity contribution in [2.75, 3.05) is 11.5 Å². The zero-order valence-corrected chi connectivity index (χ0v) is 16.7. The first-order valence-electron chi connectivity index (χ1n) is 8.61. The predicted molar refractivity (Wildman–Crippen MR) is 104 cm³/mol. The summed E-state index contributed by atoms with van der Waals surface area (Å²) in [5.74, 6) is -1.00. The van der Waals surface area contributed by atoms with Gasteiger partial charge in [-0.2, -0.15) is 0 Å². The molecule has 0 N–H and O–H groups in total. The number of fused-ring (bicyclic) bond motifs is 1. The molecule has 8 heteroatoms. The summed E-state index contributed by atoms with van der Waals surface area (Å²) in [5.41, 5.74) is 0.985. The molecule has 0 radical (unpaired) electrons. The fraction of sp³-hybridized carbons (Fsp3) is 0.250. The zero-order chi connectivity index (χ0) is 20.2. The number of hydroxylamine groups is 2. The Bertz CT molecular complexity index is 1030. The van der Waals surface area contributed by atoms with Gasteiger partial charge in [0.15, 0.2) is 0 Å². The molecule has 0 aromatic heterocycles. The number of halogens is 2.